The molecule has 0 aromatic heterocycles. The zero-order valence-electron chi connectivity index (χ0n) is 12.5. The van der Waals surface area contributed by atoms with Crippen LogP contribution in [0.4, 0.5) is 4.39 Å². The van der Waals surface area contributed by atoms with E-state index in [4.69, 9.17) is 4.74 Å². The molecule has 0 aliphatic rings. The van der Waals surface area contributed by atoms with E-state index in [-0.39, 0.29) is 5.82 Å². The van der Waals surface area contributed by atoms with Crippen LogP contribution in [-0.2, 0) is 6.54 Å². The van der Waals surface area contributed by atoms with Crippen molar-refractivity contribution in [3.8, 4) is 5.75 Å². The van der Waals surface area contributed by atoms with Crippen molar-refractivity contribution in [1.82, 2.24) is 5.32 Å². The van der Waals surface area contributed by atoms with Crippen molar-refractivity contribution >= 4 is 0 Å². The van der Waals surface area contributed by atoms with Crippen molar-refractivity contribution in [2.24, 2.45) is 11.8 Å². The molecule has 0 heterocycles. The van der Waals surface area contributed by atoms with Crippen LogP contribution < -0.4 is 10.1 Å². The summed E-state index contributed by atoms with van der Waals surface area (Å²) < 4.78 is 19.2. The first-order chi connectivity index (χ1) is 9.01. The minimum Gasteiger partial charge on any atom is -0.493 e. The lowest BCUT2D eigenvalue weighted by atomic mass is 10.1. The Morgan fingerprint density at radius 1 is 1.21 bits per heavy atom. The van der Waals surface area contributed by atoms with Gasteiger partial charge >= 0.3 is 0 Å². The van der Waals surface area contributed by atoms with Gasteiger partial charge in [-0.3, -0.25) is 0 Å². The second-order valence-corrected chi connectivity index (χ2v) is 5.64. The number of ether oxygens (including phenoxy) is 1. The summed E-state index contributed by atoms with van der Waals surface area (Å²) >= 11 is 0. The van der Waals surface area contributed by atoms with Crippen LogP contribution in [0.15, 0.2) is 18.2 Å². The maximum atomic E-state index is 13.5. The highest BCUT2D eigenvalue weighted by molar-refractivity contribution is 5.29. The van der Waals surface area contributed by atoms with Gasteiger partial charge in [-0.05, 0) is 36.1 Å². The van der Waals surface area contributed by atoms with Crippen LogP contribution in [0.1, 0.15) is 39.7 Å². The Balaban J connectivity index is 2.55. The Morgan fingerprint density at radius 3 is 2.58 bits per heavy atom. The monoisotopic (exact) mass is 267 g/mol. The van der Waals surface area contributed by atoms with Gasteiger partial charge in [0.15, 0.2) is 0 Å². The number of hydrogen-bond donors (Lipinski definition) is 1. The fourth-order valence-corrected chi connectivity index (χ4v) is 1.67. The highest BCUT2D eigenvalue weighted by Crippen LogP contribution is 2.17. The van der Waals surface area contributed by atoms with Crippen LogP contribution in [0.5, 0.6) is 5.75 Å². The predicted molar refractivity (Wildman–Crippen MR) is 77.9 cm³/mol. The summed E-state index contributed by atoms with van der Waals surface area (Å²) in [5, 5.41) is 3.31. The molecule has 19 heavy (non-hydrogen) atoms. The van der Waals surface area contributed by atoms with Gasteiger partial charge in [0.25, 0.3) is 0 Å². The van der Waals surface area contributed by atoms with Gasteiger partial charge in [-0.2, -0.15) is 0 Å². The highest BCUT2D eigenvalue weighted by Gasteiger charge is 2.05. The largest absolute Gasteiger partial charge is 0.493 e. The van der Waals surface area contributed by atoms with Gasteiger partial charge in [0.05, 0.1) is 6.61 Å². The quantitative estimate of drug-likeness (QED) is 0.768. The zero-order chi connectivity index (χ0) is 14.3. The number of halogens is 1. The molecule has 1 aromatic carbocycles. The summed E-state index contributed by atoms with van der Waals surface area (Å²) in [7, 11) is 0. The van der Waals surface area contributed by atoms with E-state index >= 15 is 0 Å². The lowest BCUT2D eigenvalue weighted by Gasteiger charge is -2.13. The van der Waals surface area contributed by atoms with Crippen LogP contribution in [0.25, 0.3) is 0 Å². The molecule has 0 amide bonds. The Labute approximate surface area is 116 Å². The predicted octanol–water partition coefficient (Wildman–Crippen LogP) is 4.00. The minimum absolute atomic E-state index is 0.233. The maximum absolute atomic E-state index is 13.5. The first kappa shape index (κ1) is 16.0. The second-order valence-electron chi connectivity index (χ2n) is 5.64. The molecule has 0 fully saturated rings. The smallest absolute Gasteiger partial charge is 0.127 e. The second kappa shape index (κ2) is 8.16. The summed E-state index contributed by atoms with van der Waals surface area (Å²) in [6.07, 6.45) is 1.07. The Hall–Kier alpha value is -1.09. The van der Waals surface area contributed by atoms with E-state index in [1.54, 1.807) is 6.07 Å². The van der Waals surface area contributed by atoms with Gasteiger partial charge in [0.2, 0.25) is 0 Å². The van der Waals surface area contributed by atoms with E-state index < -0.39 is 0 Å². The molecule has 0 bridgehead atoms. The Bertz CT molecular complexity index is 379. The third-order valence-electron chi connectivity index (χ3n) is 3.04. The molecule has 0 saturated heterocycles. The van der Waals surface area contributed by atoms with Crippen LogP contribution in [0.2, 0.25) is 0 Å². The molecule has 0 spiro atoms. The fraction of sp³-hybridized carbons (Fsp3) is 0.625. The van der Waals surface area contributed by atoms with Gasteiger partial charge < -0.3 is 10.1 Å². The van der Waals surface area contributed by atoms with Gasteiger partial charge in [-0.25, -0.2) is 4.39 Å². The standard InChI is InChI=1S/C16H26FNO/c1-5-13(4)11-19-16-7-14(6-15(17)8-16)10-18-9-12(2)3/h6-8,12-13,18H,5,9-11H2,1-4H3. The van der Waals surface area contributed by atoms with Crippen molar-refractivity contribution in [3.63, 3.8) is 0 Å². The number of hydrogen-bond acceptors (Lipinski definition) is 2. The molecule has 1 N–H and O–H groups in total. The van der Waals surface area contributed by atoms with E-state index in [0.717, 1.165) is 18.5 Å². The molecule has 2 nitrogen and oxygen atoms in total. The molecule has 0 saturated carbocycles. The average molecular weight is 267 g/mol. The van der Waals surface area contributed by atoms with Crippen LogP contribution >= 0.6 is 0 Å². The van der Waals surface area contributed by atoms with Crippen LogP contribution in [0.3, 0.4) is 0 Å². The lowest BCUT2D eigenvalue weighted by Crippen LogP contribution is -2.19. The summed E-state index contributed by atoms with van der Waals surface area (Å²) in [4.78, 5) is 0. The molecule has 108 valence electrons. The van der Waals surface area contributed by atoms with Gasteiger partial charge in [0, 0.05) is 12.6 Å². The summed E-state index contributed by atoms with van der Waals surface area (Å²) in [6.45, 7) is 10.8. The molecule has 1 unspecified atom stereocenters. The van der Waals surface area contributed by atoms with Crippen molar-refractivity contribution in [2.75, 3.05) is 13.2 Å². The lowest BCUT2D eigenvalue weighted by molar-refractivity contribution is 0.255. The molecule has 0 aliphatic carbocycles. The molecule has 1 aromatic rings. The van der Waals surface area contributed by atoms with Crippen molar-refractivity contribution < 1.29 is 9.13 Å². The van der Waals surface area contributed by atoms with Crippen molar-refractivity contribution in [3.05, 3.63) is 29.6 Å². The molecule has 0 radical (unpaired) electrons. The summed E-state index contributed by atoms with van der Waals surface area (Å²) in [6, 6.07) is 4.93. The first-order valence-electron chi connectivity index (χ1n) is 7.14. The van der Waals surface area contributed by atoms with E-state index in [9.17, 15) is 4.39 Å². The van der Waals surface area contributed by atoms with Gasteiger partial charge in [-0.15, -0.1) is 0 Å². The normalized spacial score (nSPS) is 12.7. The molecular weight excluding hydrogens is 241 g/mol. The number of rotatable bonds is 8. The molecular formula is C16H26FNO. The molecule has 1 rings (SSSR count). The SMILES string of the molecule is CCC(C)COc1cc(F)cc(CNCC(C)C)c1. The van der Waals surface area contributed by atoms with Crippen LogP contribution in [-0.4, -0.2) is 13.2 Å². The number of benzene rings is 1. The molecule has 1 atom stereocenters. The Kier molecular flexibility index (Phi) is 6.85. The molecule has 3 heteroatoms. The van der Waals surface area contributed by atoms with E-state index in [0.29, 0.717) is 30.7 Å². The van der Waals surface area contributed by atoms with Crippen molar-refractivity contribution in [2.45, 2.75) is 40.7 Å². The minimum atomic E-state index is -0.233. The zero-order valence-corrected chi connectivity index (χ0v) is 12.5. The van der Waals surface area contributed by atoms with E-state index in [2.05, 4.69) is 33.0 Å². The topological polar surface area (TPSA) is 21.3 Å². The third-order valence-corrected chi connectivity index (χ3v) is 3.04. The first-order valence-corrected chi connectivity index (χ1v) is 7.14. The summed E-state index contributed by atoms with van der Waals surface area (Å²) in [5.41, 5.74) is 0.930. The average Bonchev–Trinajstić information content (AvgIpc) is 2.35. The van der Waals surface area contributed by atoms with Crippen molar-refractivity contribution in [1.29, 1.82) is 0 Å². The van der Waals surface area contributed by atoms with Gasteiger partial charge in [-0.1, -0.05) is 34.1 Å². The highest BCUT2D eigenvalue weighted by atomic mass is 19.1. The van der Waals surface area contributed by atoms with Gasteiger partial charge in [0.1, 0.15) is 11.6 Å². The number of nitrogens with one attached hydrogen (secondary N) is 1. The third kappa shape index (κ3) is 6.58. The molecule has 0 aliphatic heterocycles. The Morgan fingerprint density at radius 2 is 1.95 bits per heavy atom. The van der Waals surface area contributed by atoms with E-state index in [1.165, 1.54) is 6.07 Å². The van der Waals surface area contributed by atoms with Crippen LogP contribution in [0, 0.1) is 17.7 Å². The maximum Gasteiger partial charge on any atom is 0.127 e. The van der Waals surface area contributed by atoms with E-state index in [1.807, 2.05) is 6.07 Å². The fourth-order valence-electron chi connectivity index (χ4n) is 1.67. The summed E-state index contributed by atoms with van der Waals surface area (Å²) in [5.74, 6) is 1.48.